The van der Waals surface area contributed by atoms with E-state index in [0.29, 0.717) is 27.7 Å². The summed E-state index contributed by atoms with van der Waals surface area (Å²) in [7, 11) is 0. The molecule has 1 aliphatic rings. The zero-order valence-electron chi connectivity index (χ0n) is 10.0. The zero-order valence-corrected chi connectivity index (χ0v) is 11.5. The third kappa shape index (κ3) is 3.08. The SMILES string of the molecule is Clc1cccc(Cl)c1Nc1nccc(NC2CC2)n1. The number of para-hydroxylation sites is 1. The fourth-order valence-corrected chi connectivity index (χ4v) is 2.16. The third-order valence-electron chi connectivity index (χ3n) is 2.78. The Hall–Kier alpha value is -1.52. The molecule has 1 aromatic heterocycles. The summed E-state index contributed by atoms with van der Waals surface area (Å²) in [6.45, 7) is 0. The van der Waals surface area contributed by atoms with E-state index >= 15 is 0 Å². The summed E-state index contributed by atoms with van der Waals surface area (Å²) in [5.41, 5.74) is 0.620. The molecule has 0 aliphatic heterocycles. The molecule has 1 saturated carbocycles. The first-order valence-corrected chi connectivity index (χ1v) is 6.78. The summed E-state index contributed by atoms with van der Waals surface area (Å²) < 4.78 is 0. The second kappa shape index (κ2) is 5.23. The molecule has 1 aliphatic carbocycles. The molecule has 0 radical (unpaired) electrons. The second-order valence-corrected chi connectivity index (χ2v) is 5.22. The van der Waals surface area contributed by atoms with Crippen molar-refractivity contribution in [3.05, 3.63) is 40.5 Å². The minimum atomic E-state index is 0.473. The fraction of sp³-hybridized carbons (Fsp3) is 0.231. The highest BCUT2D eigenvalue weighted by Crippen LogP contribution is 2.32. The molecule has 0 spiro atoms. The molecule has 1 aromatic carbocycles. The maximum Gasteiger partial charge on any atom is 0.229 e. The molecule has 1 heterocycles. The molecule has 19 heavy (non-hydrogen) atoms. The zero-order chi connectivity index (χ0) is 13.2. The lowest BCUT2D eigenvalue weighted by Gasteiger charge is -2.10. The van der Waals surface area contributed by atoms with Crippen LogP contribution in [0.1, 0.15) is 12.8 Å². The van der Waals surface area contributed by atoms with Crippen LogP contribution in [-0.2, 0) is 0 Å². The van der Waals surface area contributed by atoms with Crippen LogP contribution in [0.15, 0.2) is 30.5 Å². The van der Waals surface area contributed by atoms with E-state index in [4.69, 9.17) is 23.2 Å². The molecule has 0 unspecified atom stereocenters. The molecule has 0 amide bonds. The number of hydrogen-bond donors (Lipinski definition) is 2. The van der Waals surface area contributed by atoms with Crippen molar-refractivity contribution in [1.29, 1.82) is 0 Å². The van der Waals surface area contributed by atoms with Gasteiger partial charge in [-0.05, 0) is 31.0 Å². The van der Waals surface area contributed by atoms with Crippen LogP contribution < -0.4 is 10.6 Å². The highest BCUT2D eigenvalue weighted by Gasteiger charge is 2.21. The van der Waals surface area contributed by atoms with E-state index in [9.17, 15) is 0 Å². The predicted octanol–water partition coefficient (Wildman–Crippen LogP) is 4.10. The van der Waals surface area contributed by atoms with Crippen LogP contribution in [0.5, 0.6) is 0 Å². The number of nitrogens with zero attached hydrogens (tertiary/aromatic N) is 2. The van der Waals surface area contributed by atoms with Crippen LogP contribution in [0.4, 0.5) is 17.5 Å². The highest BCUT2D eigenvalue weighted by atomic mass is 35.5. The molecule has 6 heteroatoms. The number of benzene rings is 1. The topological polar surface area (TPSA) is 49.8 Å². The standard InChI is InChI=1S/C13H12Cl2N4/c14-9-2-1-3-10(15)12(9)19-13-16-7-6-11(18-13)17-8-4-5-8/h1-3,6-8H,4-5H2,(H2,16,17,18,19). The van der Waals surface area contributed by atoms with E-state index in [1.807, 2.05) is 6.07 Å². The van der Waals surface area contributed by atoms with Gasteiger partial charge in [-0.15, -0.1) is 0 Å². The van der Waals surface area contributed by atoms with Crippen molar-refractivity contribution in [1.82, 2.24) is 9.97 Å². The molecule has 2 N–H and O–H groups in total. The van der Waals surface area contributed by atoms with E-state index < -0.39 is 0 Å². The molecular weight excluding hydrogens is 283 g/mol. The molecule has 3 rings (SSSR count). The lowest BCUT2D eigenvalue weighted by molar-refractivity contribution is 1.08. The predicted molar refractivity (Wildman–Crippen MR) is 78.4 cm³/mol. The summed E-state index contributed by atoms with van der Waals surface area (Å²) in [5, 5.41) is 7.44. The quantitative estimate of drug-likeness (QED) is 0.891. The number of aromatic nitrogens is 2. The van der Waals surface area contributed by atoms with E-state index in [0.717, 1.165) is 5.82 Å². The Labute approximate surface area is 121 Å². The van der Waals surface area contributed by atoms with Gasteiger partial charge in [-0.2, -0.15) is 4.98 Å². The van der Waals surface area contributed by atoms with Gasteiger partial charge in [0.2, 0.25) is 5.95 Å². The van der Waals surface area contributed by atoms with Crippen LogP contribution in [0.25, 0.3) is 0 Å². The number of nitrogens with one attached hydrogen (secondary N) is 2. The normalized spacial score (nSPS) is 14.2. The summed E-state index contributed by atoms with van der Waals surface area (Å²) in [4.78, 5) is 8.54. The molecule has 0 atom stereocenters. The van der Waals surface area contributed by atoms with Gasteiger partial charge in [0.25, 0.3) is 0 Å². The maximum atomic E-state index is 6.10. The van der Waals surface area contributed by atoms with Gasteiger partial charge in [0.05, 0.1) is 15.7 Å². The lowest BCUT2D eigenvalue weighted by atomic mass is 10.3. The summed E-state index contributed by atoms with van der Waals surface area (Å²) in [6.07, 6.45) is 4.09. The second-order valence-electron chi connectivity index (χ2n) is 4.41. The van der Waals surface area contributed by atoms with Crippen LogP contribution in [0.3, 0.4) is 0 Å². The van der Waals surface area contributed by atoms with Crippen LogP contribution in [-0.4, -0.2) is 16.0 Å². The average molecular weight is 295 g/mol. The molecule has 4 nitrogen and oxygen atoms in total. The van der Waals surface area contributed by atoms with Crippen molar-refractivity contribution in [2.45, 2.75) is 18.9 Å². The summed E-state index contributed by atoms with van der Waals surface area (Å²) >= 11 is 12.2. The van der Waals surface area contributed by atoms with E-state index in [1.54, 1.807) is 24.4 Å². The molecule has 1 fully saturated rings. The largest absolute Gasteiger partial charge is 0.367 e. The molecule has 0 bridgehead atoms. The Morgan fingerprint density at radius 3 is 2.53 bits per heavy atom. The van der Waals surface area contributed by atoms with E-state index in [1.165, 1.54) is 12.8 Å². The first-order valence-electron chi connectivity index (χ1n) is 6.03. The highest BCUT2D eigenvalue weighted by molar-refractivity contribution is 6.39. The van der Waals surface area contributed by atoms with E-state index in [-0.39, 0.29) is 0 Å². The van der Waals surface area contributed by atoms with Crippen LogP contribution in [0.2, 0.25) is 10.0 Å². The number of hydrogen-bond acceptors (Lipinski definition) is 4. The maximum absolute atomic E-state index is 6.10. The van der Waals surface area contributed by atoms with Crippen molar-refractivity contribution in [2.75, 3.05) is 10.6 Å². The first-order chi connectivity index (χ1) is 9.22. The van der Waals surface area contributed by atoms with Gasteiger partial charge in [0.15, 0.2) is 0 Å². The van der Waals surface area contributed by atoms with E-state index in [2.05, 4.69) is 20.6 Å². The van der Waals surface area contributed by atoms with Crippen molar-refractivity contribution in [2.24, 2.45) is 0 Å². The van der Waals surface area contributed by atoms with Crippen molar-refractivity contribution in [3.8, 4) is 0 Å². The van der Waals surface area contributed by atoms with Gasteiger partial charge in [0.1, 0.15) is 5.82 Å². The van der Waals surface area contributed by atoms with Gasteiger partial charge >= 0.3 is 0 Å². The van der Waals surface area contributed by atoms with Crippen molar-refractivity contribution >= 4 is 40.7 Å². The minimum absolute atomic E-state index is 0.473. The van der Waals surface area contributed by atoms with Crippen molar-refractivity contribution < 1.29 is 0 Å². The van der Waals surface area contributed by atoms with Gasteiger partial charge < -0.3 is 10.6 Å². The van der Waals surface area contributed by atoms with Gasteiger partial charge in [-0.25, -0.2) is 4.98 Å². The van der Waals surface area contributed by atoms with Crippen molar-refractivity contribution in [3.63, 3.8) is 0 Å². The fourth-order valence-electron chi connectivity index (χ4n) is 1.67. The summed E-state index contributed by atoms with van der Waals surface area (Å²) in [6, 6.07) is 7.72. The Bertz CT molecular complexity index is 579. The molecule has 2 aromatic rings. The Morgan fingerprint density at radius 2 is 1.84 bits per heavy atom. The summed E-state index contributed by atoms with van der Waals surface area (Å²) in [5.74, 6) is 1.28. The Balaban J connectivity index is 1.82. The van der Waals surface area contributed by atoms with Gasteiger partial charge in [-0.3, -0.25) is 0 Å². The lowest BCUT2D eigenvalue weighted by Crippen LogP contribution is -2.05. The number of halogens is 2. The third-order valence-corrected chi connectivity index (χ3v) is 3.41. The molecule has 0 saturated heterocycles. The van der Waals surface area contributed by atoms with Gasteiger partial charge in [-0.1, -0.05) is 29.3 Å². The molecular formula is C13H12Cl2N4. The van der Waals surface area contributed by atoms with Crippen LogP contribution in [0, 0.1) is 0 Å². The Morgan fingerprint density at radius 1 is 1.11 bits per heavy atom. The molecule has 98 valence electrons. The number of rotatable bonds is 4. The minimum Gasteiger partial charge on any atom is -0.367 e. The van der Waals surface area contributed by atoms with Gasteiger partial charge in [0, 0.05) is 12.2 Å². The Kier molecular flexibility index (Phi) is 3.44. The average Bonchev–Trinajstić information content (AvgIpc) is 3.18. The monoisotopic (exact) mass is 294 g/mol. The first kappa shape index (κ1) is 12.5. The number of anilines is 3. The smallest absolute Gasteiger partial charge is 0.229 e. The van der Waals surface area contributed by atoms with Crippen LogP contribution >= 0.6 is 23.2 Å².